The second kappa shape index (κ2) is 4.20. The van der Waals surface area contributed by atoms with Gasteiger partial charge in [0.25, 0.3) is 5.91 Å². The first kappa shape index (κ1) is 11.1. The number of hydrogen-bond acceptors (Lipinski definition) is 4. The molecule has 0 saturated heterocycles. The van der Waals surface area contributed by atoms with Gasteiger partial charge in [0.15, 0.2) is 0 Å². The number of aromatic amines is 1. The minimum Gasteiger partial charge on any atom is -0.366 e. The van der Waals surface area contributed by atoms with Crippen LogP contribution in [-0.4, -0.2) is 21.1 Å². The van der Waals surface area contributed by atoms with Crippen LogP contribution in [0.4, 0.5) is 16.0 Å². The Kier molecular flexibility index (Phi) is 2.73. The number of H-pyrrole nitrogens is 1. The lowest BCUT2D eigenvalue weighted by Gasteiger charge is -2.05. The fraction of sp³-hybridized carbons (Fsp3) is 0.100. The van der Waals surface area contributed by atoms with E-state index < -0.39 is 11.7 Å². The highest BCUT2D eigenvalue weighted by molar-refractivity contribution is 6.01. The van der Waals surface area contributed by atoms with Crippen molar-refractivity contribution in [3.8, 4) is 0 Å². The highest BCUT2D eigenvalue weighted by atomic mass is 19.1. The Morgan fingerprint density at radius 1 is 1.53 bits per heavy atom. The van der Waals surface area contributed by atoms with Crippen LogP contribution in [0.2, 0.25) is 0 Å². The monoisotopic (exact) mass is 235 g/mol. The van der Waals surface area contributed by atoms with Crippen LogP contribution in [0.1, 0.15) is 16.2 Å². The summed E-state index contributed by atoms with van der Waals surface area (Å²) < 4.78 is 13.4. The summed E-state index contributed by atoms with van der Waals surface area (Å²) in [7, 11) is 0. The average Bonchev–Trinajstić information content (AvgIpc) is 2.70. The summed E-state index contributed by atoms with van der Waals surface area (Å²) >= 11 is 0. The molecule has 88 valence electrons. The Labute approximate surface area is 96.1 Å². The van der Waals surface area contributed by atoms with E-state index in [4.69, 9.17) is 5.73 Å². The molecule has 0 radical (unpaired) electrons. The van der Waals surface area contributed by atoms with Gasteiger partial charge in [-0.05, 0) is 24.6 Å². The lowest BCUT2D eigenvalue weighted by Crippen LogP contribution is -2.15. The molecule has 0 atom stereocenters. The van der Waals surface area contributed by atoms with Gasteiger partial charge < -0.3 is 11.1 Å². The van der Waals surface area contributed by atoms with E-state index in [1.165, 1.54) is 12.1 Å². The van der Waals surface area contributed by atoms with Crippen LogP contribution >= 0.6 is 0 Å². The molecule has 0 unspecified atom stereocenters. The van der Waals surface area contributed by atoms with Crippen molar-refractivity contribution in [2.75, 3.05) is 11.1 Å². The van der Waals surface area contributed by atoms with Crippen molar-refractivity contribution in [1.82, 2.24) is 15.2 Å². The number of anilines is 2. The number of nitrogen functional groups attached to an aromatic ring is 1. The number of aromatic nitrogens is 3. The predicted molar refractivity (Wildman–Crippen MR) is 59.9 cm³/mol. The molecular formula is C10H10FN5O. The molecule has 1 heterocycles. The second-order valence-corrected chi connectivity index (χ2v) is 3.48. The Morgan fingerprint density at radius 3 is 2.94 bits per heavy atom. The molecule has 1 amide bonds. The van der Waals surface area contributed by atoms with Crippen LogP contribution in [0.25, 0.3) is 0 Å². The van der Waals surface area contributed by atoms with Gasteiger partial charge in [0.1, 0.15) is 5.82 Å². The number of rotatable bonds is 2. The first-order valence-corrected chi connectivity index (χ1v) is 4.81. The van der Waals surface area contributed by atoms with Crippen molar-refractivity contribution < 1.29 is 9.18 Å². The van der Waals surface area contributed by atoms with Crippen LogP contribution in [0.5, 0.6) is 0 Å². The molecule has 0 aliphatic carbocycles. The zero-order chi connectivity index (χ0) is 12.4. The molecule has 2 rings (SSSR count). The van der Waals surface area contributed by atoms with Crippen LogP contribution < -0.4 is 11.1 Å². The van der Waals surface area contributed by atoms with E-state index in [0.29, 0.717) is 0 Å². The molecule has 0 saturated carbocycles. The predicted octanol–water partition coefficient (Wildman–Crippen LogP) is 1.09. The maximum Gasteiger partial charge on any atom is 0.293 e. The third-order valence-corrected chi connectivity index (χ3v) is 2.09. The number of aryl methyl sites for hydroxylation is 1. The molecule has 6 nitrogen and oxygen atoms in total. The average molecular weight is 235 g/mol. The Bertz CT molecular complexity index is 566. The second-order valence-electron chi connectivity index (χ2n) is 3.48. The number of carbonyl (C=O) groups excluding carboxylic acids is 1. The number of amides is 1. The zero-order valence-corrected chi connectivity index (χ0v) is 8.99. The van der Waals surface area contributed by atoms with Crippen molar-refractivity contribution >= 4 is 17.5 Å². The summed E-state index contributed by atoms with van der Waals surface area (Å²) in [6, 6.07) is 4.41. The first-order chi connectivity index (χ1) is 8.06. The molecule has 1 aromatic heterocycles. The quantitative estimate of drug-likeness (QED) is 0.725. The molecule has 17 heavy (non-hydrogen) atoms. The number of nitrogens with zero attached hydrogens (tertiary/aromatic N) is 2. The summed E-state index contributed by atoms with van der Waals surface area (Å²) in [4.78, 5) is 15.3. The zero-order valence-electron chi connectivity index (χ0n) is 8.99. The molecule has 0 aliphatic heterocycles. The lowest BCUT2D eigenvalue weighted by molar-refractivity contribution is 0.101. The largest absolute Gasteiger partial charge is 0.366 e. The van der Waals surface area contributed by atoms with Gasteiger partial charge in [-0.2, -0.15) is 4.98 Å². The van der Waals surface area contributed by atoms with E-state index in [1.54, 1.807) is 13.0 Å². The smallest absolute Gasteiger partial charge is 0.293 e. The fourth-order valence-electron chi connectivity index (χ4n) is 1.29. The molecule has 0 aliphatic rings. The number of carbonyl (C=O) groups is 1. The Balaban J connectivity index is 2.21. The minimum absolute atomic E-state index is 0.0418. The van der Waals surface area contributed by atoms with Gasteiger partial charge in [-0.1, -0.05) is 6.07 Å². The number of hydrogen-bond donors (Lipinski definition) is 3. The van der Waals surface area contributed by atoms with Crippen LogP contribution in [0.3, 0.4) is 0 Å². The number of benzene rings is 1. The maximum atomic E-state index is 13.4. The third-order valence-electron chi connectivity index (χ3n) is 2.09. The summed E-state index contributed by atoms with van der Waals surface area (Å²) in [5.41, 5.74) is 6.18. The Morgan fingerprint density at radius 2 is 2.29 bits per heavy atom. The van der Waals surface area contributed by atoms with Crippen molar-refractivity contribution in [3.05, 3.63) is 35.4 Å². The number of nitrogens with two attached hydrogens (primary N) is 1. The van der Waals surface area contributed by atoms with Crippen LogP contribution in [0.15, 0.2) is 18.2 Å². The van der Waals surface area contributed by atoms with Gasteiger partial charge in [-0.15, -0.1) is 5.10 Å². The van der Waals surface area contributed by atoms with E-state index >= 15 is 0 Å². The van der Waals surface area contributed by atoms with E-state index in [-0.39, 0.29) is 17.5 Å². The van der Waals surface area contributed by atoms with Gasteiger partial charge >= 0.3 is 0 Å². The SMILES string of the molecule is Cc1ccc(F)c(NC(=O)c2nc(N)n[nH]2)c1. The molecule has 2 aromatic rings. The van der Waals surface area contributed by atoms with Crippen molar-refractivity contribution in [2.45, 2.75) is 6.92 Å². The molecule has 0 spiro atoms. The van der Waals surface area contributed by atoms with Crippen molar-refractivity contribution in [1.29, 1.82) is 0 Å². The Hall–Kier alpha value is -2.44. The summed E-state index contributed by atoms with van der Waals surface area (Å²) in [5.74, 6) is -1.22. The fourth-order valence-corrected chi connectivity index (χ4v) is 1.29. The van der Waals surface area contributed by atoms with Crippen molar-refractivity contribution in [3.63, 3.8) is 0 Å². The van der Waals surface area contributed by atoms with Gasteiger partial charge in [-0.3, -0.25) is 9.89 Å². The summed E-state index contributed by atoms with van der Waals surface area (Å²) in [5, 5.41) is 8.22. The highest BCUT2D eigenvalue weighted by Gasteiger charge is 2.13. The molecule has 7 heteroatoms. The van der Waals surface area contributed by atoms with Gasteiger partial charge in [0.2, 0.25) is 11.8 Å². The van der Waals surface area contributed by atoms with E-state index in [0.717, 1.165) is 5.56 Å². The molecule has 4 N–H and O–H groups in total. The van der Waals surface area contributed by atoms with Gasteiger partial charge in [-0.25, -0.2) is 4.39 Å². The maximum absolute atomic E-state index is 13.4. The molecule has 1 aromatic carbocycles. The molecule has 0 bridgehead atoms. The van der Waals surface area contributed by atoms with Crippen molar-refractivity contribution in [2.24, 2.45) is 0 Å². The third kappa shape index (κ3) is 2.39. The normalized spacial score (nSPS) is 10.2. The van der Waals surface area contributed by atoms with Crippen LogP contribution in [0, 0.1) is 12.7 Å². The lowest BCUT2D eigenvalue weighted by atomic mass is 10.2. The topological polar surface area (TPSA) is 96.7 Å². The molecular weight excluding hydrogens is 225 g/mol. The highest BCUT2D eigenvalue weighted by Crippen LogP contribution is 2.16. The summed E-state index contributed by atoms with van der Waals surface area (Å²) in [6.07, 6.45) is 0. The summed E-state index contributed by atoms with van der Waals surface area (Å²) in [6.45, 7) is 1.79. The van der Waals surface area contributed by atoms with E-state index in [2.05, 4.69) is 20.5 Å². The van der Waals surface area contributed by atoms with E-state index in [1.807, 2.05) is 0 Å². The van der Waals surface area contributed by atoms with Gasteiger partial charge in [0.05, 0.1) is 5.69 Å². The standard InChI is InChI=1S/C10H10FN5O/c1-5-2-3-6(11)7(4-5)13-9(17)8-14-10(12)16-15-8/h2-4H,1H3,(H,13,17)(H3,12,14,15,16). The van der Waals surface area contributed by atoms with Gasteiger partial charge in [0, 0.05) is 0 Å². The van der Waals surface area contributed by atoms with Crippen LogP contribution in [-0.2, 0) is 0 Å². The first-order valence-electron chi connectivity index (χ1n) is 4.81. The van der Waals surface area contributed by atoms with E-state index in [9.17, 15) is 9.18 Å². The number of halogens is 1. The minimum atomic E-state index is -0.598. The number of nitrogens with one attached hydrogen (secondary N) is 2. The molecule has 0 fully saturated rings.